The normalized spacial score (nSPS) is 14.3. The molecule has 0 bridgehead atoms. The number of ether oxygens (including phenoxy) is 2. The highest BCUT2D eigenvalue weighted by Gasteiger charge is 2.24. The van der Waals surface area contributed by atoms with Crippen LogP contribution in [-0.2, 0) is 4.79 Å². The van der Waals surface area contributed by atoms with Crippen LogP contribution < -0.4 is 14.8 Å². The molecule has 1 heterocycles. The lowest BCUT2D eigenvalue weighted by Crippen LogP contribution is -2.47. The van der Waals surface area contributed by atoms with Crippen LogP contribution >= 0.6 is 0 Å². The first-order valence-electron chi connectivity index (χ1n) is 9.75. The van der Waals surface area contributed by atoms with Gasteiger partial charge in [-0.05, 0) is 50.1 Å². The summed E-state index contributed by atoms with van der Waals surface area (Å²) in [4.78, 5) is 26.4. The van der Waals surface area contributed by atoms with Crippen molar-refractivity contribution < 1.29 is 23.5 Å². The first-order chi connectivity index (χ1) is 14.1. The lowest BCUT2D eigenvalue weighted by Gasteiger charge is -2.32. The van der Waals surface area contributed by atoms with E-state index in [9.17, 15) is 14.0 Å². The molecule has 6 nitrogen and oxygen atoms in total. The number of nitrogens with zero attached hydrogens (tertiary/aromatic N) is 1. The second-order valence-corrected chi connectivity index (χ2v) is 6.81. The molecule has 0 atom stereocenters. The Bertz CT molecular complexity index is 850. The summed E-state index contributed by atoms with van der Waals surface area (Å²) in [6.07, 6.45) is 1.28. The highest BCUT2D eigenvalue weighted by Crippen LogP contribution is 2.26. The van der Waals surface area contributed by atoms with E-state index < -0.39 is 5.82 Å². The van der Waals surface area contributed by atoms with E-state index in [2.05, 4.69) is 5.32 Å². The van der Waals surface area contributed by atoms with Crippen LogP contribution in [0.15, 0.2) is 48.5 Å². The van der Waals surface area contributed by atoms with Gasteiger partial charge in [0.2, 0.25) is 0 Å². The molecular formula is C22H25FN2O4. The van der Waals surface area contributed by atoms with Crippen molar-refractivity contribution in [2.24, 2.45) is 0 Å². The molecule has 2 aromatic rings. The predicted octanol–water partition coefficient (Wildman–Crippen LogP) is 3.02. The number of carbonyl (C=O) groups is 2. The molecule has 1 fully saturated rings. The molecule has 0 aromatic heterocycles. The SMILES string of the molecule is CCOc1ccccc1OCC(=O)N1CCC(NC(=O)c2cccc(F)c2)CC1. The number of benzene rings is 2. The summed E-state index contributed by atoms with van der Waals surface area (Å²) in [5.74, 6) is 0.307. The van der Waals surface area contributed by atoms with E-state index in [1.807, 2.05) is 19.1 Å². The fraction of sp³-hybridized carbons (Fsp3) is 0.364. The summed E-state index contributed by atoms with van der Waals surface area (Å²) in [5, 5.41) is 2.91. The Hall–Kier alpha value is -3.09. The van der Waals surface area contributed by atoms with Crippen molar-refractivity contribution in [3.8, 4) is 11.5 Å². The molecule has 2 aromatic carbocycles. The molecule has 1 aliphatic rings. The number of likely N-dealkylation sites (tertiary alicyclic amines) is 1. The highest BCUT2D eigenvalue weighted by molar-refractivity contribution is 5.94. The van der Waals surface area contributed by atoms with Crippen molar-refractivity contribution in [1.29, 1.82) is 0 Å². The molecule has 7 heteroatoms. The maximum atomic E-state index is 13.3. The van der Waals surface area contributed by atoms with Gasteiger partial charge in [-0.15, -0.1) is 0 Å². The summed E-state index contributed by atoms with van der Waals surface area (Å²) in [5.41, 5.74) is 0.296. The Labute approximate surface area is 169 Å². The Kier molecular flexibility index (Phi) is 7.05. The number of hydrogen-bond acceptors (Lipinski definition) is 4. The van der Waals surface area contributed by atoms with Crippen LogP contribution in [0.4, 0.5) is 4.39 Å². The fourth-order valence-corrected chi connectivity index (χ4v) is 3.25. The molecule has 0 radical (unpaired) electrons. The molecule has 1 aliphatic heterocycles. The van der Waals surface area contributed by atoms with Gasteiger partial charge in [0.1, 0.15) is 5.82 Å². The van der Waals surface area contributed by atoms with Crippen molar-refractivity contribution in [3.63, 3.8) is 0 Å². The number of nitrogens with one attached hydrogen (secondary N) is 1. The van der Waals surface area contributed by atoms with Gasteiger partial charge in [0.15, 0.2) is 18.1 Å². The number of piperidine rings is 1. The second kappa shape index (κ2) is 9.91. The van der Waals surface area contributed by atoms with E-state index in [0.717, 1.165) is 0 Å². The van der Waals surface area contributed by atoms with Gasteiger partial charge in [-0.1, -0.05) is 18.2 Å². The number of carbonyl (C=O) groups excluding carboxylic acids is 2. The molecule has 1 saturated heterocycles. The Balaban J connectivity index is 1.45. The summed E-state index contributed by atoms with van der Waals surface area (Å²) in [6.45, 7) is 3.40. The molecule has 3 rings (SSSR count). The van der Waals surface area contributed by atoms with Gasteiger partial charge in [-0.3, -0.25) is 9.59 Å². The van der Waals surface area contributed by atoms with E-state index in [1.165, 1.54) is 18.2 Å². The lowest BCUT2D eigenvalue weighted by atomic mass is 10.0. The maximum Gasteiger partial charge on any atom is 0.260 e. The van der Waals surface area contributed by atoms with Gasteiger partial charge in [0, 0.05) is 24.7 Å². The topological polar surface area (TPSA) is 67.9 Å². The Morgan fingerprint density at radius 2 is 1.76 bits per heavy atom. The van der Waals surface area contributed by atoms with Crippen molar-refractivity contribution in [3.05, 3.63) is 59.9 Å². The smallest absolute Gasteiger partial charge is 0.260 e. The maximum absolute atomic E-state index is 13.3. The van der Waals surface area contributed by atoms with Crippen LogP contribution in [-0.4, -0.2) is 49.1 Å². The minimum atomic E-state index is -0.441. The predicted molar refractivity (Wildman–Crippen MR) is 107 cm³/mol. The molecular weight excluding hydrogens is 375 g/mol. The van der Waals surface area contributed by atoms with E-state index in [-0.39, 0.29) is 24.5 Å². The van der Waals surface area contributed by atoms with Crippen LogP contribution in [0.25, 0.3) is 0 Å². The van der Waals surface area contributed by atoms with Crippen LogP contribution in [0.5, 0.6) is 11.5 Å². The van der Waals surface area contributed by atoms with Gasteiger partial charge in [-0.2, -0.15) is 0 Å². The zero-order chi connectivity index (χ0) is 20.6. The van der Waals surface area contributed by atoms with Crippen LogP contribution in [0.2, 0.25) is 0 Å². The van der Waals surface area contributed by atoms with E-state index in [4.69, 9.17) is 9.47 Å². The zero-order valence-corrected chi connectivity index (χ0v) is 16.4. The average Bonchev–Trinajstić information content (AvgIpc) is 2.73. The lowest BCUT2D eigenvalue weighted by molar-refractivity contribution is -0.134. The van der Waals surface area contributed by atoms with Gasteiger partial charge in [0.25, 0.3) is 11.8 Å². The second-order valence-electron chi connectivity index (χ2n) is 6.81. The molecule has 0 saturated carbocycles. The first-order valence-corrected chi connectivity index (χ1v) is 9.75. The van der Waals surface area contributed by atoms with Crippen LogP contribution in [0, 0.1) is 5.82 Å². The van der Waals surface area contributed by atoms with Crippen LogP contribution in [0.1, 0.15) is 30.1 Å². The van der Waals surface area contributed by atoms with E-state index in [1.54, 1.807) is 23.1 Å². The molecule has 0 unspecified atom stereocenters. The summed E-state index contributed by atoms with van der Waals surface area (Å²) in [7, 11) is 0. The van der Waals surface area contributed by atoms with E-state index >= 15 is 0 Å². The third kappa shape index (κ3) is 5.70. The number of hydrogen-bond donors (Lipinski definition) is 1. The van der Waals surface area contributed by atoms with Crippen molar-refractivity contribution >= 4 is 11.8 Å². The largest absolute Gasteiger partial charge is 0.490 e. The first kappa shape index (κ1) is 20.6. The number of para-hydroxylation sites is 2. The minimum Gasteiger partial charge on any atom is -0.490 e. The van der Waals surface area contributed by atoms with E-state index in [0.29, 0.717) is 49.6 Å². The number of amides is 2. The highest BCUT2D eigenvalue weighted by atomic mass is 19.1. The molecule has 0 spiro atoms. The molecule has 0 aliphatic carbocycles. The van der Waals surface area contributed by atoms with Crippen molar-refractivity contribution in [2.45, 2.75) is 25.8 Å². The molecule has 2 amide bonds. The van der Waals surface area contributed by atoms with Gasteiger partial charge < -0.3 is 19.7 Å². The van der Waals surface area contributed by atoms with Gasteiger partial charge in [-0.25, -0.2) is 4.39 Å². The number of halogens is 1. The Morgan fingerprint density at radius 3 is 2.41 bits per heavy atom. The zero-order valence-electron chi connectivity index (χ0n) is 16.4. The van der Waals surface area contributed by atoms with Gasteiger partial charge in [0.05, 0.1) is 6.61 Å². The summed E-state index contributed by atoms with van der Waals surface area (Å²) < 4.78 is 24.4. The summed E-state index contributed by atoms with van der Waals surface area (Å²) in [6, 6.07) is 12.8. The number of rotatable bonds is 7. The molecule has 29 heavy (non-hydrogen) atoms. The quantitative estimate of drug-likeness (QED) is 0.776. The monoisotopic (exact) mass is 400 g/mol. The summed E-state index contributed by atoms with van der Waals surface area (Å²) >= 11 is 0. The standard InChI is InChI=1S/C22H25FN2O4/c1-2-28-19-8-3-4-9-20(19)29-15-21(26)25-12-10-18(11-13-25)24-22(27)16-6-5-7-17(23)14-16/h3-9,14,18H,2,10-13,15H2,1H3,(H,24,27). The average molecular weight is 400 g/mol. The minimum absolute atomic E-state index is 0.0468. The van der Waals surface area contributed by atoms with Crippen molar-refractivity contribution in [2.75, 3.05) is 26.3 Å². The van der Waals surface area contributed by atoms with Crippen molar-refractivity contribution in [1.82, 2.24) is 10.2 Å². The van der Waals surface area contributed by atoms with Crippen LogP contribution in [0.3, 0.4) is 0 Å². The molecule has 1 N–H and O–H groups in total. The third-order valence-electron chi connectivity index (χ3n) is 4.77. The fourth-order valence-electron chi connectivity index (χ4n) is 3.25. The Morgan fingerprint density at radius 1 is 1.07 bits per heavy atom. The molecule has 154 valence electrons. The third-order valence-corrected chi connectivity index (χ3v) is 4.77. The van der Waals surface area contributed by atoms with Gasteiger partial charge >= 0.3 is 0 Å².